The average molecular weight is 435 g/mol. The molecule has 2 nitrogen and oxygen atoms in total. The second kappa shape index (κ2) is 8.11. The molecule has 0 amide bonds. The Kier molecular flexibility index (Phi) is 5.64. The molecule has 1 saturated carbocycles. The number of benzene rings is 3. The van der Waals surface area contributed by atoms with E-state index in [-0.39, 0.29) is 23.0 Å². The molecule has 4 rings (SSSR count). The Balaban J connectivity index is 1.52. The second-order valence-corrected chi connectivity index (χ2v) is 8.14. The number of halogens is 5. The SMILES string of the molecule is NC(Cc1cccc(OCC(F)(F)C(F)F)c1)C1(c2cccc3cc(F)ccc23)CC1. The van der Waals surface area contributed by atoms with Crippen LogP contribution >= 0.6 is 0 Å². The zero-order valence-corrected chi connectivity index (χ0v) is 16.6. The molecule has 1 aliphatic rings. The van der Waals surface area contributed by atoms with Crippen molar-refractivity contribution >= 4 is 10.8 Å². The predicted octanol–water partition coefficient (Wildman–Crippen LogP) is 5.86. The molecular formula is C24H22F5NO. The first-order valence-electron chi connectivity index (χ1n) is 10.0. The van der Waals surface area contributed by atoms with E-state index in [1.54, 1.807) is 24.3 Å². The van der Waals surface area contributed by atoms with Gasteiger partial charge in [-0.3, -0.25) is 0 Å². The topological polar surface area (TPSA) is 35.2 Å². The normalized spacial score (nSPS) is 16.5. The third kappa shape index (κ3) is 4.37. The van der Waals surface area contributed by atoms with Crippen molar-refractivity contribution in [2.75, 3.05) is 6.61 Å². The molecule has 1 aliphatic carbocycles. The minimum absolute atomic E-state index is 0.0931. The molecule has 0 spiro atoms. The lowest BCUT2D eigenvalue weighted by molar-refractivity contribution is -0.148. The smallest absolute Gasteiger partial charge is 0.340 e. The summed E-state index contributed by atoms with van der Waals surface area (Å²) in [4.78, 5) is 0. The maximum Gasteiger partial charge on any atom is 0.340 e. The minimum Gasteiger partial charge on any atom is -0.487 e. The molecule has 3 aromatic carbocycles. The zero-order chi connectivity index (χ0) is 22.2. The number of rotatable bonds is 8. The van der Waals surface area contributed by atoms with E-state index in [0.717, 1.165) is 34.7 Å². The Labute approximate surface area is 176 Å². The first-order chi connectivity index (χ1) is 14.7. The number of hydrogen-bond donors (Lipinski definition) is 1. The van der Waals surface area contributed by atoms with Crippen LogP contribution in [0, 0.1) is 5.82 Å². The van der Waals surface area contributed by atoms with Crippen molar-refractivity contribution in [3.63, 3.8) is 0 Å². The van der Waals surface area contributed by atoms with Gasteiger partial charge in [-0.2, -0.15) is 8.78 Å². The average Bonchev–Trinajstić information content (AvgIpc) is 3.54. The summed E-state index contributed by atoms with van der Waals surface area (Å²) in [5.41, 5.74) is 8.18. The van der Waals surface area contributed by atoms with E-state index >= 15 is 0 Å². The van der Waals surface area contributed by atoms with Crippen LogP contribution in [-0.2, 0) is 11.8 Å². The Hall–Kier alpha value is -2.67. The summed E-state index contributed by atoms with van der Waals surface area (Å²) in [6.07, 6.45) is -1.55. The van der Waals surface area contributed by atoms with Crippen molar-refractivity contribution in [2.45, 2.75) is 43.1 Å². The first kappa shape index (κ1) is 21.6. The number of alkyl halides is 4. The highest BCUT2D eigenvalue weighted by Gasteiger charge is 2.49. The van der Waals surface area contributed by atoms with Gasteiger partial charge in [0.25, 0.3) is 0 Å². The van der Waals surface area contributed by atoms with Crippen molar-refractivity contribution in [1.29, 1.82) is 0 Å². The van der Waals surface area contributed by atoms with E-state index < -0.39 is 19.0 Å². The van der Waals surface area contributed by atoms with Crippen LogP contribution in [0.25, 0.3) is 10.8 Å². The summed E-state index contributed by atoms with van der Waals surface area (Å²) in [6, 6.07) is 16.6. The highest BCUT2D eigenvalue weighted by Crippen LogP contribution is 2.53. The first-order valence-corrected chi connectivity index (χ1v) is 10.0. The van der Waals surface area contributed by atoms with Gasteiger partial charge in [0.05, 0.1) is 0 Å². The van der Waals surface area contributed by atoms with Crippen LogP contribution in [0.5, 0.6) is 5.75 Å². The van der Waals surface area contributed by atoms with E-state index in [0.29, 0.717) is 6.42 Å². The fourth-order valence-corrected chi connectivity index (χ4v) is 4.12. The zero-order valence-electron chi connectivity index (χ0n) is 16.6. The summed E-state index contributed by atoms with van der Waals surface area (Å²) in [5, 5.41) is 1.77. The van der Waals surface area contributed by atoms with Crippen molar-refractivity contribution in [3.05, 3.63) is 77.6 Å². The molecule has 1 fully saturated rings. The summed E-state index contributed by atoms with van der Waals surface area (Å²) >= 11 is 0. The number of ether oxygens (including phenoxy) is 1. The molecule has 1 unspecified atom stereocenters. The van der Waals surface area contributed by atoms with Crippen LogP contribution in [-0.4, -0.2) is 25.0 Å². The van der Waals surface area contributed by atoms with Crippen LogP contribution in [0.2, 0.25) is 0 Å². The van der Waals surface area contributed by atoms with Crippen LogP contribution in [0.4, 0.5) is 22.0 Å². The van der Waals surface area contributed by atoms with E-state index in [2.05, 4.69) is 0 Å². The Bertz CT molecular complexity index is 1080. The van der Waals surface area contributed by atoms with Gasteiger partial charge in [0.1, 0.15) is 11.6 Å². The van der Waals surface area contributed by atoms with Gasteiger partial charge >= 0.3 is 12.3 Å². The fraction of sp³-hybridized carbons (Fsp3) is 0.333. The summed E-state index contributed by atoms with van der Waals surface area (Å²) in [7, 11) is 0. The van der Waals surface area contributed by atoms with Gasteiger partial charge in [0.15, 0.2) is 6.61 Å². The van der Waals surface area contributed by atoms with Crippen molar-refractivity contribution in [2.24, 2.45) is 5.73 Å². The fourth-order valence-electron chi connectivity index (χ4n) is 4.12. The quantitative estimate of drug-likeness (QED) is 0.450. The Morgan fingerprint density at radius 2 is 1.74 bits per heavy atom. The molecule has 31 heavy (non-hydrogen) atoms. The molecular weight excluding hydrogens is 413 g/mol. The highest BCUT2D eigenvalue weighted by atomic mass is 19.3. The van der Waals surface area contributed by atoms with Gasteiger partial charge in [0.2, 0.25) is 0 Å². The van der Waals surface area contributed by atoms with E-state index in [4.69, 9.17) is 10.5 Å². The van der Waals surface area contributed by atoms with Gasteiger partial charge in [-0.05, 0) is 65.4 Å². The van der Waals surface area contributed by atoms with Gasteiger partial charge in [-0.25, -0.2) is 13.2 Å². The molecule has 2 N–H and O–H groups in total. The molecule has 0 heterocycles. The highest BCUT2D eigenvalue weighted by molar-refractivity contribution is 5.87. The summed E-state index contributed by atoms with van der Waals surface area (Å²) < 4.78 is 69.4. The molecule has 7 heteroatoms. The summed E-state index contributed by atoms with van der Waals surface area (Å²) in [5.74, 6) is -4.42. The summed E-state index contributed by atoms with van der Waals surface area (Å²) in [6.45, 7) is -1.39. The molecule has 0 aliphatic heterocycles. The minimum atomic E-state index is -4.21. The number of fused-ring (bicyclic) bond motifs is 1. The van der Waals surface area contributed by atoms with Crippen LogP contribution < -0.4 is 10.5 Å². The maximum atomic E-state index is 13.6. The van der Waals surface area contributed by atoms with Gasteiger partial charge in [-0.1, -0.05) is 36.4 Å². The Morgan fingerprint density at radius 3 is 2.45 bits per heavy atom. The monoisotopic (exact) mass is 435 g/mol. The van der Waals surface area contributed by atoms with Crippen LogP contribution in [0.15, 0.2) is 60.7 Å². The molecule has 0 radical (unpaired) electrons. The second-order valence-electron chi connectivity index (χ2n) is 8.14. The van der Waals surface area contributed by atoms with Crippen LogP contribution in [0.1, 0.15) is 24.0 Å². The van der Waals surface area contributed by atoms with Gasteiger partial charge in [0, 0.05) is 11.5 Å². The van der Waals surface area contributed by atoms with E-state index in [9.17, 15) is 22.0 Å². The van der Waals surface area contributed by atoms with Crippen LogP contribution in [0.3, 0.4) is 0 Å². The lowest BCUT2D eigenvalue weighted by Crippen LogP contribution is -2.37. The maximum absolute atomic E-state index is 13.6. The largest absolute Gasteiger partial charge is 0.487 e. The lowest BCUT2D eigenvalue weighted by atomic mass is 9.82. The molecule has 0 aromatic heterocycles. The number of nitrogens with two attached hydrogens (primary N) is 1. The van der Waals surface area contributed by atoms with Crippen molar-refractivity contribution in [3.8, 4) is 5.75 Å². The predicted molar refractivity (Wildman–Crippen MR) is 109 cm³/mol. The third-order valence-corrected chi connectivity index (χ3v) is 5.98. The molecule has 3 aromatic rings. The molecule has 1 atom stereocenters. The van der Waals surface area contributed by atoms with Crippen molar-refractivity contribution in [1.82, 2.24) is 0 Å². The van der Waals surface area contributed by atoms with Crippen molar-refractivity contribution < 1.29 is 26.7 Å². The molecule has 164 valence electrons. The number of hydrogen-bond acceptors (Lipinski definition) is 2. The van der Waals surface area contributed by atoms with E-state index in [1.807, 2.05) is 18.2 Å². The third-order valence-electron chi connectivity index (χ3n) is 5.98. The lowest BCUT2D eigenvalue weighted by Gasteiger charge is -2.26. The van der Waals surface area contributed by atoms with Gasteiger partial charge < -0.3 is 10.5 Å². The van der Waals surface area contributed by atoms with E-state index in [1.165, 1.54) is 18.2 Å². The Morgan fingerprint density at radius 1 is 1.00 bits per heavy atom. The molecule has 0 saturated heterocycles. The standard InChI is InChI=1S/C24H22F5NO/c25-17-7-8-19-16(13-17)4-2-6-20(19)23(9-10-23)21(30)12-15-3-1-5-18(11-15)31-14-24(28,29)22(26)27/h1-8,11,13,21-22H,9-10,12,14,30H2. The van der Waals surface area contributed by atoms with Gasteiger partial charge in [-0.15, -0.1) is 0 Å². The molecule has 0 bridgehead atoms.